The number of benzene rings is 1. The van der Waals surface area contributed by atoms with E-state index in [0.29, 0.717) is 24.9 Å². The van der Waals surface area contributed by atoms with Crippen LogP contribution in [-0.2, 0) is 11.3 Å². The highest BCUT2D eigenvalue weighted by molar-refractivity contribution is 14.0. The van der Waals surface area contributed by atoms with Gasteiger partial charge in [-0.15, -0.1) is 24.0 Å². The van der Waals surface area contributed by atoms with E-state index in [1.165, 1.54) is 25.9 Å². The number of nitrogens with one attached hydrogen (secondary N) is 2. The van der Waals surface area contributed by atoms with Crippen LogP contribution in [-0.4, -0.2) is 55.5 Å². The number of hydrogen-bond donors (Lipinski definition) is 2. The molecule has 3 rings (SSSR count). The number of likely N-dealkylation sites (tertiary alicyclic amines) is 1. The number of hydrogen-bond acceptors (Lipinski definition) is 3. The minimum absolute atomic E-state index is 0. The number of halogens is 1. The molecule has 6 nitrogen and oxygen atoms in total. The van der Waals surface area contributed by atoms with Crippen LogP contribution in [0, 0.1) is 5.92 Å². The third-order valence-electron chi connectivity index (χ3n) is 5.94. The van der Waals surface area contributed by atoms with Gasteiger partial charge in [-0.25, -0.2) is 4.99 Å². The summed E-state index contributed by atoms with van der Waals surface area (Å²) in [7, 11) is 0. The average Bonchev–Trinajstić information content (AvgIpc) is 3.38. The van der Waals surface area contributed by atoms with Gasteiger partial charge in [0.05, 0.1) is 6.54 Å². The second kappa shape index (κ2) is 12.5. The van der Waals surface area contributed by atoms with Gasteiger partial charge in [0, 0.05) is 37.8 Å². The summed E-state index contributed by atoms with van der Waals surface area (Å²) in [6.07, 6.45) is 4.25. The molecule has 0 saturated carbocycles. The fourth-order valence-electron chi connectivity index (χ4n) is 4.28. The Bertz CT molecular complexity index is 685. The van der Waals surface area contributed by atoms with E-state index in [9.17, 15) is 4.79 Å². The van der Waals surface area contributed by atoms with E-state index in [2.05, 4.69) is 48.4 Å². The fraction of sp³-hybridized carbons (Fsp3) is 0.652. The third kappa shape index (κ3) is 6.83. The van der Waals surface area contributed by atoms with Crippen molar-refractivity contribution in [3.05, 3.63) is 29.8 Å². The molecule has 2 saturated heterocycles. The van der Waals surface area contributed by atoms with Crippen LogP contribution in [0.2, 0.25) is 0 Å². The van der Waals surface area contributed by atoms with E-state index >= 15 is 0 Å². The molecule has 2 aliphatic heterocycles. The van der Waals surface area contributed by atoms with Crippen molar-refractivity contribution in [3.8, 4) is 0 Å². The Morgan fingerprint density at radius 1 is 1.07 bits per heavy atom. The van der Waals surface area contributed by atoms with E-state index < -0.39 is 0 Å². The van der Waals surface area contributed by atoms with Crippen LogP contribution in [0.4, 0.5) is 5.69 Å². The predicted molar refractivity (Wildman–Crippen MR) is 136 cm³/mol. The molecular formula is C23H38IN5O. The lowest BCUT2D eigenvalue weighted by atomic mass is 10.0. The van der Waals surface area contributed by atoms with Gasteiger partial charge in [-0.2, -0.15) is 0 Å². The Labute approximate surface area is 198 Å². The molecule has 30 heavy (non-hydrogen) atoms. The van der Waals surface area contributed by atoms with Crippen molar-refractivity contribution in [1.82, 2.24) is 15.5 Å². The summed E-state index contributed by atoms with van der Waals surface area (Å²) in [4.78, 5) is 21.2. The standard InChI is InChI=1S/C23H37N5O.HI/c1-4-24-23(26-17-21(18(2)3)27-13-5-6-14-27)25-16-19-9-11-20(12-10-19)28-15-7-8-22(28)29;/h9-12,18,21H,4-8,13-17H2,1-3H3,(H2,24,25,26);1H. The quantitative estimate of drug-likeness (QED) is 0.308. The van der Waals surface area contributed by atoms with Crippen molar-refractivity contribution in [3.63, 3.8) is 0 Å². The van der Waals surface area contributed by atoms with E-state index in [1.807, 2.05) is 17.0 Å². The number of rotatable bonds is 8. The van der Waals surface area contributed by atoms with Crippen LogP contribution in [0.25, 0.3) is 0 Å². The van der Waals surface area contributed by atoms with Crippen LogP contribution in [0.3, 0.4) is 0 Å². The normalized spacial score (nSPS) is 18.6. The van der Waals surface area contributed by atoms with Gasteiger partial charge in [0.1, 0.15) is 0 Å². The Hall–Kier alpha value is -1.35. The first-order valence-corrected chi connectivity index (χ1v) is 11.2. The summed E-state index contributed by atoms with van der Waals surface area (Å²) in [6.45, 7) is 12.4. The molecule has 0 bridgehead atoms. The van der Waals surface area contributed by atoms with Gasteiger partial charge in [-0.05, 0) is 62.9 Å². The highest BCUT2D eigenvalue weighted by Crippen LogP contribution is 2.22. The number of nitrogens with zero attached hydrogens (tertiary/aromatic N) is 3. The van der Waals surface area contributed by atoms with Gasteiger partial charge >= 0.3 is 0 Å². The number of carbonyl (C=O) groups is 1. The van der Waals surface area contributed by atoms with E-state index in [1.54, 1.807) is 0 Å². The number of carbonyl (C=O) groups excluding carboxylic acids is 1. The Balaban J connectivity index is 0.00000320. The first kappa shape index (κ1) is 24.9. The summed E-state index contributed by atoms with van der Waals surface area (Å²) >= 11 is 0. The lowest BCUT2D eigenvalue weighted by molar-refractivity contribution is -0.117. The molecule has 0 aromatic heterocycles. The molecule has 2 aliphatic rings. The monoisotopic (exact) mass is 527 g/mol. The molecule has 1 aromatic carbocycles. The van der Waals surface area contributed by atoms with Crippen LogP contribution < -0.4 is 15.5 Å². The number of aliphatic imine (C=N–C) groups is 1. The summed E-state index contributed by atoms with van der Waals surface area (Å²) in [5, 5.41) is 6.92. The smallest absolute Gasteiger partial charge is 0.227 e. The van der Waals surface area contributed by atoms with E-state index in [0.717, 1.165) is 43.3 Å². The molecule has 1 atom stereocenters. The van der Waals surface area contributed by atoms with Gasteiger partial charge in [0.2, 0.25) is 5.91 Å². The SMILES string of the molecule is CCNC(=NCc1ccc(N2CCCC2=O)cc1)NCC(C(C)C)N1CCCC1.I. The van der Waals surface area contributed by atoms with Crippen LogP contribution in [0.5, 0.6) is 0 Å². The molecule has 0 aliphatic carbocycles. The fourth-order valence-corrected chi connectivity index (χ4v) is 4.28. The van der Waals surface area contributed by atoms with E-state index in [-0.39, 0.29) is 29.9 Å². The molecule has 1 amide bonds. The number of amides is 1. The number of anilines is 1. The molecule has 0 spiro atoms. The minimum Gasteiger partial charge on any atom is -0.357 e. The zero-order valence-electron chi connectivity index (χ0n) is 18.7. The third-order valence-corrected chi connectivity index (χ3v) is 5.94. The molecule has 1 aromatic rings. The Morgan fingerprint density at radius 2 is 1.77 bits per heavy atom. The maximum atomic E-state index is 11.9. The molecule has 0 radical (unpaired) electrons. The van der Waals surface area contributed by atoms with Crippen LogP contribution >= 0.6 is 24.0 Å². The molecule has 2 heterocycles. The molecule has 7 heteroatoms. The van der Waals surface area contributed by atoms with Gasteiger partial charge in [-0.1, -0.05) is 26.0 Å². The van der Waals surface area contributed by atoms with Crippen LogP contribution in [0.1, 0.15) is 52.0 Å². The van der Waals surface area contributed by atoms with Gasteiger partial charge in [0.25, 0.3) is 0 Å². The molecule has 1 unspecified atom stereocenters. The van der Waals surface area contributed by atoms with Crippen molar-refractivity contribution in [2.24, 2.45) is 10.9 Å². The first-order valence-electron chi connectivity index (χ1n) is 11.2. The molecule has 2 fully saturated rings. The Morgan fingerprint density at radius 3 is 2.33 bits per heavy atom. The summed E-state index contributed by atoms with van der Waals surface area (Å²) in [6, 6.07) is 8.77. The molecule has 2 N–H and O–H groups in total. The van der Waals surface area contributed by atoms with Crippen molar-refractivity contribution >= 4 is 41.5 Å². The Kier molecular flexibility index (Phi) is 10.4. The van der Waals surface area contributed by atoms with Gasteiger partial charge in [-0.3, -0.25) is 9.69 Å². The maximum Gasteiger partial charge on any atom is 0.227 e. The highest BCUT2D eigenvalue weighted by atomic mass is 127. The van der Waals surface area contributed by atoms with Gasteiger partial charge in [0.15, 0.2) is 5.96 Å². The first-order chi connectivity index (χ1) is 14.1. The van der Waals surface area contributed by atoms with Gasteiger partial charge < -0.3 is 15.5 Å². The largest absolute Gasteiger partial charge is 0.357 e. The van der Waals surface area contributed by atoms with Crippen LogP contribution in [0.15, 0.2) is 29.3 Å². The molecule has 168 valence electrons. The second-order valence-corrected chi connectivity index (χ2v) is 8.45. The summed E-state index contributed by atoms with van der Waals surface area (Å²) in [5.74, 6) is 1.72. The van der Waals surface area contributed by atoms with Crippen molar-refractivity contribution < 1.29 is 4.79 Å². The van der Waals surface area contributed by atoms with Crippen molar-refractivity contribution in [1.29, 1.82) is 0 Å². The lowest BCUT2D eigenvalue weighted by Crippen LogP contribution is -2.48. The topological polar surface area (TPSA) is 60.0 Å². The lowest BCUT2D eigenvalue weighted by Gasteiger charge is -2.31. The predicted octanol–water partition coefficient (Wildman–Crippen LogP) is 3.61. The maximum absolute atomic E-state index is 11.9. The second-order valence-electron chi connectivity index (χ2n) is 8.45. The van der Waals surface area contributed by atoms with Crippen molar-refractivity contribution in [2.45, 2.75) is 59.0 Å². The minimum atomic E-state index is 0. The zero-order chi connectivity index (χ0) is 20.6. The summed E-state index contributed by atoms with van der Waals surface area (Å²) in [5.41, 5.74) is 2.15. The van der Waals surface area contributed by atoms with E-state index in [4.69, 9.17) is 4.99 Å². The zero-order valence-corrected chi connectivity index (χ0v) is 21.0. The average molecular weight is 527 g/mol. The number of guanidine groups is 1. The highest BCUT2D eigenvalue weighted by Gasteiger charge is 2.24. The molecular weight excluding hydrogens is 489 g/mol. The van der Waals surface area contributed by atoms with Crippen molar-refractivity contribution in [2.75, 3.05) is 37.6 Å². The summed E-state index contributed by atoms with van der Waals surface area (Å²) < 4.78 is 0.